The van der Waals surface area contributed by atoms with Crippen LogP contribution in [0.25, 0.3) is 0 Å². The fraction of sp³-hybridized carbons (Fsp3) is 1.00. The van der Waals surface area contributed by atoms with E-state index in [-0.39, 0.29) is 0 Å². The van der Waals surface area contributed by atoms with Crippen LogP contribution in [0, 0.1) is 0 Å². The third-order valence-electron chi connectivity index (χ3n) is 3.78. The monoisotopic (exact) mass is 214 g/mol. The second-order valence-electron chi connectivity index (χ2n) is 5.01. The van der Waals surface area contributed by atoms with Crippen molar-refractivity contribution in [3.63, 3.8) is 0 Å². The van der Waals surface area contributed by atoms with Crippen molar-refractivity contribution in [1.29, 1.82) is 0 Å². The number of rotatable bonds is 4. The molecule has 0 spiro atoms. The Hall–Kier alpha value is -0.120. The zero-order valence-corrected chi connectivity index (χ0v) is 10.7. The molecule has 1 saturated heterocycles. The predicted octanol–water partition coefficient (Wildman–Crippen LogP) is 1.17. The zero-order valence-electron chi connectivity index (χ0n) is 10.7. The highest BCUT2D eigenvalue weighted by Gasteiger charge is 2.30. The lowest BCUT2D eigenvalue weighted by Crippen LogP contribution is -2.55. The van der Waals surface area contributed by atoms with Crippen LogP contribution in [0.15, 0.2) is 0 Å². The van der Waals surface area contributed by atoms with E-state index in [1.165, 1.54) is 0 Å². The standard InChI is InChI=1S/C12H26N2O/c1-5-12(15,6-2)10-14-8-7-13(4)9-11(14)3/h11,15H,5-10H2,1-4H3. The van der Waals surface area contributed by atoms with E-state index in [9.17, 15) is 5.11 Å². The number of piperazine rings is 1. The highest BCUT2D eigenvalue weighted by atomic mass is 16.3. The Morgan fingerprint density at radius 2 is 1.87 bits per heavy atom. The second kappa shape index (κ2) is 5.28. The molecule has 1 unspecified atom stereocenters. The van der Waals surface area contributed by atoms with E-state index < -0.39 is 5.60 Å². The van der Waals surface area contributed by atoms with Gasteiger partial charge in [-0.3, -0.25) is 4.90 Å². The van der Waals surface area contributed by atoms with Crippen LogP contribution in [-0.4, -0.2) is 59.8 Å². The first kappa shape index (κ1) is 12.9. The first-order valence-corrected chi connectivity index (χ1v) is 6.15. The van der Waals surface area contributed by atoms with Gasteiger partial charge in [-0.15, -0.1) is 0 Å². The van der Waals surface area contributed by atoms with Gasteiger partial charge in [-0.25, -0.2) is 0 Å². The molecule has 3 heteroatoms. The molecule has 0 aromatic carbocycles. The van der Waals surface area contributed by atoms with E-state index in [1.54, 1.807) is 0 Å². The Kier molecular flexibility index (Phi) is 4.56. The molecule has 3 nitrogen and oxygen atoms in total. The molecule has 0 radical (unpaired) electrons. The Labute approximate surface area is 94.1 Å². The van der Waals surface area contributed by atoms with E-state index in [4.69, 9.17) is 0 Å². The molecule has 0 aromatic rings. The fourth-order valence-corrected chi connectivity index (χ4v) is 2.26. The largest absolute Gasteiger partial charge is 0.389 e. The maximum atomic E-state index is 10.3. The Balaban J connectivity index is 2.50. The number of hydrogen-bond acceptors (Lipinski definition) is 3. The average molecular weight is 214 g/mol. The van der Waals surface area contributed by atoms with Crippen LogP contribution < -0.4 is 0 Å². The predicted molar refractivity (Wildman–Crippen MR) is 64.1 cm³/mol. The number of likely N-dealkylation sites (N-methyl/N-ethyl adjacent to an activating group) is 1. The molecule has 0 aromatic heterocycles. The van der Waals surface area contributed by atoms with Crippen LogP contribution in [0.2, 0.25) is 0 Å². The fourth-order valence-electron chi connectivity index (χ4n) is 2.26. The van der Waals surface area contributed by atoms with E-state index in [0.29, 0.717) is 6.04 Å². The Morgan fingerprint density at radius 1 is 1.27 bits per heavy atom. The summed E-state index contributed by atoms with van der Waals surface area (Å²) < 4.78 is 0. The van der Waals surface area contributed by atoms with Crippen LogP contribution in [0.1, 0.15) is 33.6 Å². The van der Waals surface area contributed by atoms with Gasteiger partial charge in [0.15, 0.2) is 0 Å². The lowest BCUT2D eigenvalue weighted by Gasteiger charge is -2.42. The molecule has 1 aliphatic rings. The Bertz CT molecular complexity index is 192. The molecule has 0 aliphatic carbocycles. The van der Waals surface area contributed by atoms with Crippen LogP contribution in [0.3, 0.4) is 0 Å². The number of aliphatic hydroxyl groups is 1. The van der Waals surface area contributed by atoms with Crippen molar-refractivity contribution in [2.24, 2.45) is 0 Å². The molecule has 1 heterocycles. The molecule has 0 bridgehead atoms. The zero-order chi connectivity index (χ0) is 11.5. The van der Waals surface area contributed by atoms with Gasteiger partial charge in [0.2, 0.25) is 0 Å². The summed E-state index contributed by atoms with van der Waals surface area (Å²) in [6.45, 7) is 10.5. The number of hydrogen-bond donors (Lipinski definition) is 1. The molecule has 90 valence electrons. The summed E-state index contributed by atoms with van der Waals surface area (Å²) in [5, 5.41) is 10.3. The van der Waals surface area contributed by atoms with Gasteiger partial charge in [-0.05, 0) is 26.8 Å². The van der Waals surface area contributed by atoms with Crippen molar-refractivity contribution >= 4 is 0 Å². The summed E-state index contributed by atoms with van der Waals surface area (Å²) in [5.74, 6) is 0. The third-order valence-corrected chi connectivity index (χ3v) is 3.78. The van der Waals surface area contributed by atoms with Gasteiger partial charge in [0.05, 0.1) is 5.60 Å². The van der Waals surface area contributed by atoms with Gasteiger partial charge in [0.1, 0.15) is 0 Å². The lowest BCUT2D eigenvalue weighted by molar-refractivity contribution is -0.0285. The minimum Gasteiger partial charge on any atom is -0.389 e. The molecule has 1 fully saturated rings. The normalized spacial score (nSPS) is 25.8. The molecular formula is C12H26N2O. The molecule has 1 atom stereocenters. The SMILES string of the molecule is CCC(O)(CC)CN1CCN(C)CC1C. The summed E-state index contributed by atoms with van der Waals surface area (Å²) in [4.78, 5) is 4.78. The minimum absolute atomic E-state index is 0.482. The first-order chi connectivity index (χ1) is 7.00. The van der Waals surface area contributed by atoms with Gasteiger partial charge in [0, 0.05) is 32.2 Å². The number of β-amino-alcohol motifs (C(OH)–C–C–N with tert-alkyl or cyclic N) is 1. The van der Waals surface area contributed by atoms with E-state index >= 15 is 0 Å². The van der Waals surface area contributed by atoms with Crippen LogP contribution in [-0.2, 0) is 0 Å². The molecular weight excluding hydrogens is 188 g/mol. The topological polar surface area (TPSA) is 26.7 Å². The van der Waals surface area contributed by atoms with Crippen molar-refractivity contribution in [3.8, 4) is 0 Å². The summed E-state index contributed by atoms with van der Waals surface area (Å²) >= 11 is 0. The smallest absolute Gasteiger partial charge is 0.0769 e. The average Bonchev–Trinajstić information content (AvgIpc) is 2.22. The van der Waals surface area contributed by atoms with Crippen molar-refractivity contribution in [3.05, 3.63) is 0 Å². The number of nitrogens with zero attached hydrogens (tertiary/aromatic N) is 2. The van der Waals surface area contributed by atoms with Crippen molar-refractivity contribution in [2.45, 2.75) is 45.3 Å². The van der Waals surface area contributed by atoms with Gasteiger partial charge in [-0.2, -0.15) is 0 Å². The van der Waals surface area contributed by atoms with Gasteiger partial charge < -0.3 is 10.0 Å². The van der Waals surface area contributed by atoms with Crippen LogP contribution in [0.4, 0.5) is 0 Å². The summed E-state index contributed by atoms with van der Waals surface area (Å²) in [7, 11) is 2.17. The van der Waals surface area contributed by atoms with E-state index in [1.807, 2.05) is 0 Å². The molecule has 15 heavy (non-hydrogen) atoms. The third kappa shape index (κ3) is 3.44. The summed E-state index contributed by atoms with van der Waals surface area (Å²) in [5.41, 5.74) is -0.482. The maximum absolute atomic E-state index is 10.3. The quantitative estimate of drug-likeness (QED) is 0.761. The molecule has 0 amide bonds. The Morgan fingerprint density at radius 3 is 2.33 bits per heavy atom. The lowest BCUT2D eigenvalue weighted by atomic mass is 9.95. The van der Waals surface area contributed by atoms with E-state index in [0.717, 1.165) is 39.0 Å². The summed E-state index contributed by atoms with van der Waals surface area (Å²) in [6, 6.07) is 0.563. The van der Waals surface area contributed by atoms with Crippen LogP contribution >= 0.6 is 0 Å². The highest BCUT2D eigenvalue weighted by Crippen LogP contribution is 2.19. The molecule has 0 saturated carbocycles. The minimum atomic E-state index is -0.482. The van der Waals surface area contributed by atoms with Crippen molar-refractivity contribution in [1.82, 2.24) is 9.80 Å². The van der Waals surface area contributed by atoms with Crippen molar-refractivity contribution in [2.75, 3.05) is 33.2 Å². The summed E-state index contributed by atoms with van der Waals surface area (Å²) in [6.07, 6.45) is 1.70. The van der Waals surface area contributed by atoms with Gasteiger partial charge in [-0.1, -0.05) is 13.8 Å². The first-order valence-electron chi connectivity index (χ1n) is 6.15. The van der Waals surface area contributed by atoms with E-state index in [2.05, 4.69) is 37.6 Å². The maximum Gasteiger partial charge on any atom is 0.0769 e. The molecule has 1 N–H and O–H groups in total. The van der Waals surface area contributed by atoms with Gasteiger partial charge >= 0.3 is 0 Å². The molecule has 1 aliphatic heterocycles. The highest BCUT2D eigenvalue weighted by molar-refractivity contribution is 4.85. The van der Waals surface area contributed by atoms with Crippen LogP contribution in [0.5, 0.6) is 0 Å². The molecule has 1 rings (SSSR count). The second-order valence-corrected chi connectivity index (χ2v) is 5.01. The van der Waals surface area contributed by atoms with Crippen molar-refractivity contribution < 1.29 is 5.11 Å². The van der Waals surface area contributed by atoms with Gasteiger partial charge in [0.25, 0.3) is 0 Å².